The van der Waals surface area contributed by atoms with Crippen molar-refractivity contribution in [3.63, 3.8) is 0 Å². The van der Waals surface area contributed by atoms with Gasteiger partial charge in [0.05, 0.1) is 6.61 Å². The summed E-state index contributed by atoms with van der Waals surface area (Å²) in [5.41, 5.74) is 2.00. The van der Waals surface area contributed by atoms with Gasteiger partial charge < -0.3 is 9.84 Å². The number of carbonyl (C=O) groups excluding carboxylic acids is 1. The molecule has 0 amide bonds. The fraction of sp³-hybridized carbons (Fsp3) is 0.774. The quantitative estimate of drug-likeness (QED) is 0.142. The Morgan fingerprint density at radius 3 is 1.85 bits per heavy atom. The Balaban J connectivity index is 2.05. The second-order valence-corrected chi connectivity index (χ2v) is 10.8. The molecule has 3 heteroatoms. The summed E-state index contributed by atoms with van der Waals surface area (Å²) in [6.07, 6.45) is 21.8. The van der Waals surface area contributed by atoms with Gasteiger partial charge in [-0.1, -0.05) is 130 Å². The van der Waals surface area contributed by atoms with Gasteiger partial charge in [0.2, 0.25) is 0 Å². The summed E-state index contributed by atoms with van der Waals surface area (Å²) in [6.45, 7) is 9.31. The Morgan fingerprint density at radius 1 is 0.794 bits per heavy atom. The van der Waals surface area contributed by atoms with Crippen molar-refractivity contribution >= 4 is 5.97 Å². The molecule has 0 aliphatic rings. The van der Waals surface area contributed by atoms with Crippen LogP contribution in [0.2, 0.25) is 0 Å². The highest BCUT2D eigenvalue weighted by Crippen LogP contribution is 2.35. The minimum Gasteiger partial charge on any atom is -0.508 e. The molecule has 0 aliphatic carbocycles. The number of phenolic OH excluding ortho intramolecular Hbond substituents is 1. The molecule has 0 saturated heterocycles. The van der Waals surface area contributed by atoms with Gasteiger partial charge in [-0.25, -0.2) is 0 Å². The number of hydrogen-bond acceptors (Lipinski definition) is 3. The van der Waals surface area contributed by atoms with Gasteiger partial charge in [-0.3, -0.25) is 4.79 Å². The van der Waals surface area contributed by atoms with Crippen LogP contribution in [0.25, 0.3) is 0 Å². The number of unbranched alkanes of at least 4 members (excludes halogenated alkanes) is 13. The molecule has 34 heavy (non-hydrogen) atoms. The molecule has 1 N–H and O–H groups in total. The van der Waals surface area contributed by atoms with Gasteiger partial charge in [0.1, 0.15) is 5.75 Å². The number of benzene rings is 1. The van der Waals surface area contributed by atoms with Crippen LogP contribution in [0, 0.1) is 0 Å². The van der Waals surface area contributed by atoms with Gasteiger partial charge in [-0.2, -0.15) is 0 Å². The average molecular weight is 475 g/mol. The summed E-state index contributed by atoms with van der Waals surface area (Å²) >= 11 is 0. The third-order valence-corrected chi connectivity index (χ3v) is 7.04. The van der Waals surface area contributed by atoms with Crippen LogP contribution < -0.4 is 0 Å². The van der Waals surface area contributed by atoms with Crippen molar-refractivity contribution in [1.29, 1.82) is 0 Å². The third-order valence-electron chi connectivity index (χ3n) is 7.04. The van der Waals surface area contributed by atoms with E-state index in [1.807, 2.05) is 6.07 Å². The van der Waals surface area contributed by atoms with Crippen molar-refractivity contribution in [3.8, 4) is 5.75 Å². The molecule has 0 heterocycles. The molecular weight excluding hydrogens is 420 g/mol. The van der Waals surface area contributed by atoms with Crippen molar-refractivity contribution < 1.29 is 14.6 Å². The third kappa shape index (κ3) is 14.0. The average Bonchev–Trinajstić information content (AvgIpc) is 2.81. The normalized spacial score (nSPS) is 11.6. The van der Waals surface area contributed by atoms with E-state index in [9.17, 15) is 9.90 Å². The maximum atomic E-state index is 12.1. The molecule has 0 aliphatic heterocycles. The highest BCUT2D eigenvalue weighted by Gasteiger charge is 2.23. The predicted molar refractivity (Wildman–Crippen MR) is 146 cm³/mol. The maximum Gasteiger partial charge on any atom is 0.306 e. The lowest BCUT2D eigenvalue weighted by Crippen LogP contribution is -2.17. The molecule has 1 aromatic carbocycles. The fourth-order valence-corrected chi connectivity index (χ4v) is 4.84. The number of esters is 1. The van der Waals surface area contributed by atoms with Crippen LogP contribution in [0.1, 0.15) is 148 Å². The van der Waals surface area contributed by atoms with Crippen molar-refractivity contribution in [2.75, 3.05) is 6.61 Å². The van der Waals surface area contributed by atoms with Crippen molar-refractivity contribution in [3.05, 3.63) is 29.3 Å². The summed E-state index contributed by atoms with van der Waals surface area (Å²) in [5, 5.41) is 10.3. The summed E-state index contributed by atoms with van der Waals surface area (Å²) in [5.74, 6) is 0.236. The van der Waals surface area contributed by atoms with Gasteiger partial charge in [-0.05, 0) is 41.9 Å². The Morgan fingerprint density at radius 2 is 1.32 bits per heavy atom. The first-order valence-corrected chi connectivity index (χ1v) is 14.4. The van der Waals surface area contributed by atoms with Gasteiger partial charge in [0.15, 0.2) is 0 Å². The lowest BCUT2D eigenvalue weighted by Gasteiger charge is -2.26. The first-order valence-electron chi connectivity index (χ1n) is 14.4. The zero-order valence-electron chi connectivity index (χ0n) is 22.9. The van der Waals surface area contributed by atoms with Crippen molar-refractivity contribution in [2.45, 2.75) is 149 Å². The molecule has 0 spiro atoms. The summed E-state index contributed by atoms with van der Waals surface area (Å²) in [7, 11) is 0. The first kappa shape index (κ1) is 30.5. The van der Waals surface area contributed by atoms with Gasteiger partial charge in [-0.15, -0.1) is 0 Å². The van der Waals surface area contributed by atoms with Crippen LogP contribution in [-0.4, -0.2) is 17.7 Å². The Labute approximate surface area is 211 Å². The largest absolute Gasteiger partial charge is 0.508 e. The molecule has 0 bridgehead atoms. The molecule has 0 radical (unpaired) electrons. The SMILES string of the molecule is CCCCCCCCCCCCCCCCOC(=O)CCc1ccc(O)c(C(C)(C)CCC)c1. The number of rotatable bonds is 21. The summed E-state index contributed by atoms with van der Waals surface area (Å²) < 4.78 is 5.44. The van der Waals surface area contributed by atoms with Crippen LogP contribution in [0.15, 0.2) is 18.2 Å². The minimum absolute atomic E-state index is 0.0662. The Hall–Kier alpha value is -1.51. The molecule has 0 atom stereocenters. The highest BCUT2D eigenvalue weighted by atomic mass is 16.5. The Bertz CT molecular complexity index is 650. The summed E-state index contributed by atoms with van der Waals surface area (Å²) in [6, 6.07) is 5.75. The monoisotopic (exact) mass is 474 g/mol. The van der Waals surface area contributed by atoms with E-state index in [4.69, 9.17) is 4.74 Å². The van der Waals surface area contributed by atoms with E-state index in [-0.39, 0.29) is 11.4 Å². The summed E-state index contributed by atoms with van der Waals surface area (Å²) in [4.78, 5) is 12.1. The Kier molecular flexibility index (Phi) is 16.9. The van der Waals surface area contributed by atoms with Crippen LogP contribution in [0.5, 0.6) is 5.75 Å². The van der Waals surface area contributed by atoms with Crippen molar-refractivity contribution in [2.24, 2.45) is 0 Å². The lowest BCUT2D eigenvalue weighted by atomic mass is 9.79. The molecular formula is C31H54O3. The molecule has 0 aromatic heterocycles. The number of hydrogen-bond donors (Lipinski definition) is 1. The number of carbonyl (C=O) groups is 1. The fourth-order valence-electron chi connectivity index (χ4n) is 4.84. The minimum atomic E-state index is -0.114. The van der Waals surface area contributed by atoms with Gasteiger partial charge in [0, 0.05) is 6.42 Å². The molecule has 1 aromatic rings. The van der Waals surface area contributed by atoms with E-state index in [2.05, 4.69) is 33.8 Å². The zero-order chi connectivity index (χ0) is 25.1. The topological polar surface area (TPSA) is 46.5 Å². The van der Waals surface area contributed by atoms with Gasteiger partial charge in [0.25, 0.3) is 0 Å². The van der Waals surface area contributed by atoms with Crippen LogP contribution in [0.3, 0.4) is 0 Å². The van der Waals surface area contributed by atoms with E-state index < -0.39 is 0 Å². The standard InChI is InChI=1S/C31H54O3/c1-5-7-8-9-10-11-12-13-14-15-16-17-18-19-25-34-30(33)23-21-27-20-22-29(32)28(26-27)31(3,4)24-6-2/h20,22,26,32H,5-19,21,23-25H2,1-4H3. The number of aryl methyl sites for hydroxylation is 1. The van der Waals surface area contributed by atoms with E-state index in [1.54, 1.807) is 6.07 Å². The predicted octanol–water partition coefficient (Wildman–Crippen LogP) is 9.43. The van der Waals surface area contributed by atoms with Gasteiger partial charge >= 0.3 is 5.97 Å². The molecule has 0 fully saturated rings. The number of ether oxygens (including phenoxy) is 1. The second kappa shape index (κ2) is 18.8. The molecule has 1 rings (SSSR count). The van der Waals surface area contributed by atoms with Crippen LogP contribution in [-0.2, 0) is 21.4 Å². The second-order valence-electron chi connectivity index (χ2n) is 10.8. The van der Waals surface area contributed by atoms with E-state index in [1.165, 1.54) is 77.0 Å². The smallest absolute Gasteiger partial charge is 0.306 e. The first-order chi connectivity index (χ1) is 16.4. The lowest BCUT2D eigenvalue weighted by molar-refractivity contribution is -0.143. The van der Waals surface area contributed by atoms with Crippen LogP contribution >= 0.6 is 0 Å². The van der Waals surface area contributed by atoms with Crippen molar-refractivity contribution in [1.82, 2.24) is 0 Å². The zero-order valence-corrected chi connectivity index (χ0v) is 22.9. The van der Waals surface area contributed by atoms with Crippen LogP contribution in [0.4, 0.5) is 0 Å². The highest BCUT2D eigenvalue weighted by molar-refractivity contribution is 5.69. The molecule has 0 unspecified atom stereocenters. The number of aromatic hydroxyl groups is 1. The van der Waals surface area contributed by atoms with E-state index in [0.29, 0.717) is 25.2 Å². The molecule has 196 valence electrons. The maximum absolute atomic E-state index is 12.1. The van der Waals surface area contributed by atoms with E-state index >= 15 is 0 Å². The number of phenols is 1. The molecule has 0 saturated carbocycles. The van der Waals surface area contributed by atoms with E-state index in [0.717, 1.165) is 36.8 Å². The molecule has 3 nitrogen and oxygen atoms in total.